The topological polar surface area (TPSA) is 81.8 Å². The fraction of sp³-hybridized carbons (Fsp3) is 0.625. The Morgan fingerprint density at radius 1 is 1.13 bits per heavy atom. The molecule has 1 heterocycles. The zero-order chi connectivity index (χ0) is 21.8. The molecule has 2 N–H and O–H groups in total. The molecular weight excluding hydrogens is 392 g/mol. The van der Waals surface area contributed by atoms with E-state index in [9.17, 15) is 14.4 Å². The van der Waals surface area contributed by atoms with Crippen LogP contribution in [0.5, 0.6) is 0 Å². The minimum absolute atomic E-state index is 0.0992. The van der Waals surface area contributed by atoms with Crippen LogP contribution in [0.25, 0.3) is 0 Å². The van der Waals surface area contributed by atoms with E-state index in [1.165, 1.54) is 37.0 Å². The molecule has 0 bridgehead atoms. The molecule has 2 saturated carbocycles. The molecule has 1 spiro atoms. The zero-order valence-corrected chi connectivity index (χ0v) is 18.5. The van der Waals surface area contributed by atoms with Gasteiger partial charge in [0.2, 0.25) is 5.91 Å². The first-order valence-corrected chi connectivity index (χ1v) is 11.7. The molecule has 3 fully saturated rings. The summed E-state index contributed by atoms with van der Waals surface area (Å²) < 4.78 is 0. The number of para-hydroxylation sites is 1. The zero-order valence-electron chi connectivity index (χ0n) is 18.5. The Bertz CT molecular complexity index is 828. The quantitative estimate of drug-likeness (QED) is 0.652. The molecule has 0 unspecified atom stereocenters. The Balaban J connectivity index is 1.33. The number of nitrogens with one attached hydrogen (secondary N) is 2. The van der Waals surface area contributed by atoms with Crippen LogP contribution in [-0.2, 0) is 16.1 Å². The van der Waals surface area contributed by atoms with E-state index in [0.29, 0.717) is 18.9 Å². The molecule has 1 saturated heterocycles. The number of benzene rings is 1. The summed E-state index contributed by atoms with van der Waals surface area (Å²) in [6.07, 6.45) is 9.77. The summed E-state index contributed by atoms with van der Waals surface area (Å²) in [4.78, 5) is 41.3. The average Bonchev–Trinajstić information content (AvgIpc) is 3.33. The molecule has 168 valence electrons. The number of hydrogen-bond donors (Lipinski definition) is 2. The van der Waals surface area contributed by atoms with E-state index in [-0.39, 0.29) is 30.8 Å². The van der Waals surface area contributed by atoms with Gasteiger partial charge in [-0.1, -0.05) is 50.3 Å². The lowest BCUT2D eigenvalue weighted by molar-refractivity contribution is -0.131. The molecule has 0 aromatic heterocycles. The predicted molar refractivity (Wildman–Crippen MR) is 119 cm³/mol. The highest BCUT2D eigenvalue weighted by atomic mass is 16.2. The van der Waals surface area contributed by atoms with E-state index >= 15 is 0 Å². The maximum atomic E-state index is 12.7. The first-order chi connectivity index (χ1) is 15.0. The normalized spacial score (nSPS) is 21.2. The van der Waals surface area contributed by atoms with Gasteiger partial charge in [-0.3, -0.25) is 19.4 Å². The van der Waals surface area contributed by atoms with Gasteiger partial charge in [0, 0.05) is 31.2 Å². The van der Waals surface area contributed by atoms with Gasteiger partial charge in [0.25, 0.3) is 5.91 Å². The number of hydrogen-bond acceptors (Lipinski definition) is 4. The smallest absolute Gasteiger partial charge is 0.325 e. The minimum atomic E-state index is -0.718. The number of imide groups is 1. The number of carbonyl (C=O) groups is 3. The lowest BCUT2D eigenvalue weighted by atomic mass is 9.94. The summed E-state index contributed by atoms with van der Waals surface area (Å²) in [5.41, 5.74) is 1.17. The van der Waals surface area contributed by atoms with E-state index in [4.69, 9.17) is 0 Å². The van der Waals surface area contributed by atoms with E-state index in [1.54, 1.807) is 0 Å². The van der Waals surface area contributed by atoms with Crippen LogP contribution in [0.1, 0.15) is 69.8 Å². The van der Waals surface area contributed by atoms with Crippen LogP contribution in [0.15, 0.2) is 24.3 Å². The van der Waals surface area contributed by atoms with Gasteiger partial charge in [-0.05, 0) is 44.4 Å². The second-order valence-corrected chi connectivity index (χ2v) is 9.34. The molecule has 4 rings (SSSR count). The molecule has 1 aromatic rings. The van der Waals surface area contributed by atoms with Crippen molar-refractivity contribution in [2.45, 2.75) is 82.3 Å². The molecule has 0 radical (unpaired) electrons. The molecular formula is C24H34N4O3. The Hall–Kier alpha value is -2.41. The van der Waals surface area contributed by atoms with Crippen molar-refractivity contribution in [2.75, 3.05) is 18.9 Å². The predicted octanol–water partition coefficient (Wildman–Crippen LogP) is 3.64. The monoisotopic (exact) mass is 426 g/mol. The van der Waals surface area contributed by atoms with Crippen molar-refractivity contribution in [3.8, 4) is 0 Å². The van der Waals surface area contributed by atoms with E-state index < -0.39 is 5.54 Å². The van der Waals surface area contributed by atoms with Crippen LogP contribution in [-0.4, -0.2) is 52.8 Å². The van der Waals surface area contributed by atoms with Crippen LogP contribution >= 0.6 is 0 Å². The molecule has 2 aliphatic carbocycles. The van der Waals surface area contributed by atoms with Crippen molar-refractivity contribution >= 4 is 23.5 Å². The standard InChI is InChI=1S/C24H34N4O3/c1-27(19-10-3-2-4-11-19)17-18-9-5-6-12-20(18)25-21(29)13-16-28-22(30)24(26-23(28)31)14-7-8-15-24/h5-6,9,12,19H,2-4,7-8,10-11,13-17H2,1H3,(H,25,29)(H,26,31). The summed E-state index contributed by atoms with van der Waals surface area (Å²) >= 11 is 0. The highest BCUT2D eigenvalue weighted by molar-refractivity contribution is 6.07. The van der Waals surface area contributed by atoms with Crippen LogP contribution in [0.2, 0.25) is 0 Å². The third-order valence-corrected chi connectivity index (χ3v) is 7.17. The highest BCUT2D eigenvalue weighted by Crippen LogP contribution is 2.35. The van der Waals surface area contributed by atoms with Gasteiger partial charge in [-0.15, -0.1) is 0 Å². The number of anilines is 1. The number of rotatable bonds is 7. The second kappa shape index (κ2) is 9.39. The van der Waals surface area contributed by atoms with Gasteiger partial charge in [0.05, 0.1) is 0 Å². The lowest BCUT2D eigenvalue weighted by Crippen LogP contribution is -2.44. The molecule has 1 aromatic carbocycles. The Morgan fingerprint density at radius 2 is 1.84 bits per heavy atom. The molecule has 7 nitrogen and oxygen atoms in total. The van der Waals surface area contributed by atoms with E-state index in [2.05, 4.69) is 28.6 Å². The lowest BCUT2D eigenvalue weighted by Gasteiger charge is -2.31. The van der Waals surface area contributed by atoms with Crippen molar-refractivity contribution in [1.82, 2.24) is 15.1 Å². The van der Waals surface area contributed by atoms with E-state index in [0.717, 1.165) is 30.6 Å². The fourth-order valence-electron chi connectivity index (χ4n) is 5.32. The van der Waals surface area contributed by atoms with E-state index in [1.807, 2.05) is 18.2 Å². The molecule has 4 amide bonds. The van der Waals surface area contributed by atoms with Crippen molar-refractivity contribution in [3.63, 3.8) is 0 Å². The summed E-state index contributed by atoms with van der Waals surface area (Å²) in [5.74, 6) is -0.349. The van der Waals surface area contributed by atoms with Crippen molar-refractivity contribution in [3.05, 3.63) is 29.8 Å². The SMILES string of the molecule is CN(Cc1ccccc1NC(=O)CCN1C(=O)NC2(CCCC2)C1=O)C1CCCCC1. The third-order valence-electron chi connectivity index (χ3n) is 7.17. The van der Waals surface area contributed by atoms with Crippen LogP contribution < -0.4 is 10.6 Å². The summed E-state index contributed by atoms with van der Waals surface area (Å²) in [5, 5.41) is 5.86. The number of urea groups is 1. The largest absolute Gasteiger partial charge is 0.326 e. The fourth-order valence-corrected chi connectivity index (χ4v) is 5.32. The van der Waals surface area contributed by atoms with Crippen LogP contribution in [0.4, 0.5) is 10.5 Å². The average molecular weight is 427 g/mol. The maximum Gasteiger partial charge on any atom is 0.325 e. The first kappa shape index (κ1) is 21.8. The molecule has 3 aliphatic rings. The van der Waals surface area contributed by atoms with Crippen LogP contribution in [0.3, 0.4) is 0 Å². The molecule has 0 atom stereocenters. The Kier molecular flexibility index (Phi) is 6.60. The third kappa shape index (κ3) is 4.76. The van der Waals surface area contributed by atoms with Gasteiger partial charge in [-0.2, -0.15) is 0 Å². The first-order valence-electron chi connectivity index (χ1n) is 11.7. The maximum absolute atomic E-state index is 12.7. The minimum Gasteiger partial charge on any atom is -0.326 e. The Morgan fingerprint density at radius 3 is 2.58 bits per heavy atom. The summed E-state index contributed by atoms with van der Waals surface area (Å²) in [7, 11) is 2.16. The van der Waals surface area contributed by atoms with Gasteiger partial charge in [0.15, 0.2) is 0 Å². The molecule has 1 aliphatic heterocycles. The van der Waals surface area contributed by atoms with Gasteiger partial charge >= 0.3 is 6.03 Å². The van der Waals surface area contributed by atoms with Crippen molar-refractivity contribution < 1.29 is 14.4 Å². The van der Waals surface area contributed by atoms with Crippen LogP contribution in [0, 0.1) is 0 Å². The second-order valence-electron chi connectivity index (χ2n) is 9.34. The van der Waals surface area contributed by atoms with Gasteiger partial charge in [-0.25, -0.2) is 4.79 Å². The highest BCUT2D eigenvalue weighted by Gasteiger charge is 2.52. The number of nitrogens with zero attached hydrogens (tertiary/aromatic N) is 2. The summed E-state index contributed by atoms with van der Waals surface area (Å²) in [6, 6.07) is 8.11. The van der Waals surface area contributed by atoms with Crippen molar-refractivity contribution in [1.29, 1.82) is 0 Å². The summed E-state index contributed by atoms with van der Waals surface area (Å²) in [6.45, 7) is 0.902. The molecule has 7 heteroatoms. The van der Waals surface area contributed by atoms with Gasteiger partial charge in [0.1, 0.15) is 5.54 Å². The van der Waals surface area contributed by atoms with Gasteiger partial charge < -0.3 is 10.6 Å². The Labute approximate surface area is 184 Å². The number of carbonyl (C=O) groups excluding carboxylic acids is 3. The molecule has 31 heavy (non-hydrogen) atoms. The number of amides is 4. The van der Waals surface area contributed by atoms with Crippen molar-refractivity contribution in [2.24, 2.45) is 0 Å².